The van der Waals surface area contributed by atoms with Crippen molar-refractivity contribution in [3.8, 4) is 6.07 Å². The molecule has 0 saturated heterocycles. The molecule has 1 aliphatic rings. The van der Waals surface area contributed by atoms with Crippen molar-refractivity contribution in [1.29, 1.82) is 5.26 Å². The number of nitriles is 1. The molecule has 2 nitrogen and oxygen atoms in total. The molecule has 1 aromatic rings. The van der Waals surface area contributed by atoms with Crippen LogP contribution in [0.15, 0.2) is 18.2 Å². The first kappa shape index (κ1) is 15.1. The molecule has 0 heterocycles. The summed E-state index contributed by atoms with van der Waals surface area (Å²) < 4.78 is 0. The highest BCUT2D eigenvalue weighted by molar-refractivity contribution is 5.37. The lowest BCUT2D eigenvalue weighted by Crippen LogP contribution is -2.33. The highest BCUT2D eigenvalue weighted by Gasteiger charge is 2.18. The van der Waals surface area contributed by atoms with Crippen LogP contribution in [0, 0.1) is 24.2 Å². The van der Waals surface area contributed by atoms with Gasteiger partial charge in [0.05, 0.1) is 11.6 Å². The molecule has 1 saturated carbocycles. The lowest BCUT2D eigenvalue weighted by molar-refractivity contribution is 0.336. The van der Waals surface area contributed by atoms with Crippen LogP contribution in [-0.2, 0) is 6.54 Å². The minimum Gasteiger partial charge on any atom is -0.310 e. The number of nitrogens with zero attached hydrogens (tertiary/aromatic N) is 1. The van der Waals surface area contributed by atoms with E-state index in [1.165, 1.54) is 49.7 Å². The Kier molecular flexibility index (Phi) is 5.61. The average molecular weight is 270 g/mol. The quantitative estimate of drug-likeness (QED) is 0.827. The van der Waals surface area contributed by atoms with Crippen LogP contribution in [0.5, 0.6) is 0 Å². The third kappa shape index (κ3) is 4.08. The predicted octanol–water partition coefficient (Wildman–Crippen LogP) is 4.32. The van der Waals surface area contributed by atoms with Crippen LogP contribution in [0.25, 0.3) is 0 Å². The molecule has 2 heteroatoms. The van der Waals surface area contributed by atoms with Gasteiger partial charge in [-0.2, -0.15) is 5.26 Å². The molecule has 0 spiro atoms. The molecule has 20 heavy (non-hydrogen) atoms. The number of hydrogen-bond donors (Lipinski definition) is 1. The van der Waals surface area contributed by atoms with Gasteiger partial charge in [0, 0.05) is 12.6 Å². The Morgan fingerprint density at radius 2 is 1.95 bits per heavy atom. The van der Waals surface area contributed by atoms with Gasteiger partial charge in [-0.1, -0.05) is 31.7 Å². The maximum absolute atomic E-state index is 8.90. The third-order valence-corrected chi connectivity index (χ3v) is 4.69. The highest BCUT2D eigenvalue weighted by atomic mass is 14.9. The molecule has 0 unspecified atom stereocenters. The van der Waals surface area contributed by atoms with E-state index in [9.17, 15) is 0 Å². The Balaban J connectivity index is 1.89. The Morgan fingerprint density at radius 3 is 2.55 bits per heavy atom. The Labute approximate surface area is 123 Å². The van der Waals surface area contributed by atoms with Crippen molar-refractivity contribution >= 4 is 0 Å². The molecule has 0 aliphatic heterocycles. The molecule has 1 fully saturated rings. The fourth-order valence-corrected chi connectivity index (χ4v) is 3.21. The molecule has 108 valence electrons. The van der Waals surface area contributed by atoms with Gasteiger partial charge in [-0.05, 0) is 55.9 Å². The monoisotopic (exact) mass is 270 g/mol. The summed E-state index contributed by atoms with van der Waals surface area (Å²) in [5.74, 6) is 0.830. The molecule has 0 bridgehead atoms. The second-order valence-electron chi connectivity index (χ2n) is 6.17. The second-order valence-corrected chi connectivity index (χ2v) is 6.17. The van der Waals surface area contributed by atoms with E-state index >= 15 is 0 Å². The Morgan fingerprint density at radius 1 is 1.25 bits per heavy atom. The molecule has 1 aromatic carbocycles. The van der Waals surface area contributed by atoms with Crippen LogP contribution in [0.3, 0.4) is 0 Å². The van der Waals surface area contributed by atoms with Gasteiger partial charge >= 0.3 is 0 Å². The van der Waals surface area contributed by atoms with Crippen LogP contribution in [0.2, 0.25) is 0 Å². The fourth-order valence-electron chi connectivity index (χ4n) is 3.21. The van der Waals surface area contributed by atoms with Crippen LogP contribution in [-0.4, -0.2) is 6.04 Å². The molecule has 0 radical (unpaired) electrons. The number of benzene rings is 1. The van der Waals surface area contributed by atoms with Crippen LogP contribution >= 0.6 is 0 Å². The van der Waals surface area contributed by atoms with Crippen molar-refractivity contribution in [1.82, 2.24) is 5.32 Å². The van der Waals surface area contributed by atoms with Gasteiger partial charge in [-0.3, -0.25) is 0 Å². The first-order chi connectivity index (χ1) is 9.70. The molecular formula is C18H26N2. The van der Waals surface area contributed by atoms with Crippen molar-refractivity contribution in [2.45, 2.75) is 65.0 Å². The minimum atomic E-state index is 0.586. The van der Waals surface area contributed by atoms with Gasteiger partial charge in [0.1, 0.15) is 0 Å². The second kappa shape index (κ2) is 7.45. The zero-order chi connectivity index (χ0) is 14.4. The predicted molar refractivity (Wildman–Crippen MR) is 83.4 cm³/mol. The van der Waals surface area contributed by atoms with Crippen molar-refractivity contribution in [3.05, 3.63) is 34.9 Å². The summed E-state index contributed by atoms with van der Waals surface area (Å²) in [6.45, 7) is 5.33. The highest BCUT2D eigenvalue weighted by Crippen LogP contribution is 2.25. The molecule has 1 atom stereocenters. The summed E-state index contributed by atoms with van der Waals surface area (Å²) in [5, 5.41) is 12.6. The molecule has 0 amide bonds. The lowest BCUT2D eigenvalue weighted by atomic mass is 9.92. The van der Waals surface area contributed by atoms with Crippen LogP contribution in [0.1, 0.15) is 62.1 Å². The van der Waals surface area contributed by atoms with Crippen molar-refractivity contribution in [3.63, 3.8) is 0 Å². The number of aryl methyl sites for hydroxylation is 1. The summed E-state index contributed by atoms with van der Waals surface area (Å²) in [6, 6.07) is 8.76. The zero-order valence-corrected chi connectivity index (χ0v) is 12.8. The Bertz CT molecular complexity index is 465. The standard InChI is InChI=1S/C18H26N2/c1-14-11-16(12-19)9-10-18(14)13-20-15(2)17-7-5-3-4-6-8-17/h9-11,15,17,20H,3-8,13H2,1-2H3/t15-/m1/s1. The van der Waals surface area contributed by atoms with E-state index in [2.05, 4.69) is 31.3 Å². The smallest absolute Gasteiger partial charge is 0.0991 e. The van der Waals surface area contributed by atoms with Crippen molar-refractivity contribution in [2.24, 2.45) is 5.92 Å². The molecule has 1 aliphatic carbocycles. The first-order valence-corrected chi connectivity index (χ1v) is 7.93. The van der Waals surface area contributed by atoms with Crippen LogP contribution in [0.4, 0.5) is 0 Å². The van der Waals surface area contributed by atoms with E-state index < -0.39 is 0 Å². The number of hydrogen-bond acceptors (Lipinski definition) is 2. The summed E-state index contributed by atoms with van der Waals surface area (Å²) in [5.41, 5.74) is 3.28. The van der Waals surface area contributed by atoms with Gasteiger partial charge in [-0.15, -0.1) is 0 Å². The lowest BCUT2D eigenvalue weighted by Gasteiger charge is -2.24. The first-order valence-electron chi connectivity index (χ1n) is 7.93. The van der Waals surface area contributed by atoms with Crippen molar-refractivity contribution < 1.29 is 0 Å². The molecular weight excluding hydrogens is 244 g/mol. The van der Waals surface area contributed by atoms with Gasteiger partial charge in [0.2, 0.25) is 0 Å². The van der Waals surface area contributed by atoms with E-state index in [1.807, 2.05) is 12.1 Å². The van der Waals surface area contributed by atoms with E-state index in [1.54, 1.807) is 0 Å². The SMILES string of the molecule is Cc1cc(C#N)ccc1CN[C@H](C)C1CCCCCC1. The summed E-state index contributed by atoms with van der Waals surface area (Å²) in [4.78, 5) is 0. The van der Waals surface area contributed by atoms with Gasteiger partial charge in [0.25, 0.3) is 0 Å². The normalized spacial score (nSPS) is 18.2. The third-order valence-electron chi connectivity index (χ3n) is 4.69. The molecule has 2 rings (SSSR count). The summed E-state index contributed by atoms with van der Waals surface area (Å²) >= 11 is 0. The maximum Gasteiger partial charge on any atom is 0.0991 e. The Hall–Kier alpha value is -1.33. The molecule has 1 N–H and O–H groups in total. The molecule has 0 aromatic heterocycles. The van der Waals surface area contributed by atoms with E-state index in [4.69, 9.17) is 5.26 Å². The van der Waals surface area contributed by atoms with Gasteiger partial charge < -0.3 is 5.32 Å². The maximum atomic E-state index is 8.90. The summed E-state index contributed by atoms with van der Waals surface area (Å²) in [6.07, 6.45) is 8.37. The minimum absolute atomic E-state index is 0.586. The zero-order valence-electron chi connectivity index (χ0n) is 12.8. The summed E-state index contributed by atoms with van der Waals surface area (Å²) in [7, 11) is 0. The largest absolute Gasteiger partial charge is 0.310 e. The van der Waals surface area contributed by atoms with E-state index in [0.717, 1.165) is 18.0 Å². The number of nitrogens with one attached hydrogen (secondary N) is 1. The van der Waals surface area contributed by atoms with E-state index in [-0.39, 0.29) is 0 Å². The number of rotatable bonds is 4. The van der Waals surface area contributed by atoms with Gasteiger partial charge in [-0.25, -0.2) is 0 Å². The fraction of sp³-hybridized carbons (Fsp3) is 0.611. The van der Waals surface area contributed by atoms with Crippen molar-refractivity contribution in [2.75, 3.05) is 0 Å². The van der Waals surface area contributed by atoms with E-state index in [0.29, 0.717) is 6.04 Å². The average Bonchev–Trinajstić information content (AvgIpc) is 2.74. The van der Waals surface area contributed by atoms with Crippen LogP contribution < -0.4 is 5.32 Å². The topological polar surface area (TPSA) is 35.8 Å². The van der Waals surface area contributed by atoms with Gasteiger partial charge in [0.15, 0.2) is 0 Å².